The molecular weight excluding hydrogens is 385 g/mol. The van der Waals surface area contributed by atoms with Crippen LogP contribution in [0.15, 0.2) is 121 Å². The lowest BCUT2D eigenvalue weighted by atomic mass is 9.34. The van der Waals surface area contributed by atoms with Crippen LogP contribution < -0.4 is 10.9 Å². The summed E-state index contributed by atoms with van der Waals surface area (Å²) in [5.74, 6) is 0. The molecule has 32 heavy (non-hydrogen) atoms. The maximum atomic E-state index is 2.27. The standard InChI is InChI=1S/C30H30BN/c1-32(2)24-23-29(25-15-7-3-8-16-25)30(26-17-9-4-10-18-26)31(27-19-11-5-12-20-27)28-21-13-6-14-22-28/h3-22H,23-24H2,1-2H3/b30-29+. The Balaban J connectivity index is 2.03. The summed E-state index contributed by atoms with van der Waals surface area (Å²) in [5.41, 5.74) is 8.00. The summed E-state index contributed by atoms with van der Waals surface area (Å²) in [4.78, 5) is 2.27. The summed E-state index contributed by atoms with van der Waals surface area (Å²) in [6.07, 6.45) is 0.984. The van der Waals surface area contributed by atoms with Crippen molar-refractivity contribution in [3.63, 3.8) is 0 Å². The molecule has 0 aromatic heterocycles. The highest BCUT2D eigenvalue weighted by Gasteiger charge is 2.28. The fourth-order valence-electron chi connectivity index (χ4n) is 4.36. The van der Waals surface area contributed by atoms with Gasteiger partial charge in [-0.25, -0.2) is 0 Å². The third-order valence-corrected chi connectivity index (χ3v) is 5.90. The van der Waals surface area contributed by atoms with Crippen LogP contribution in [0.5, 0.6) is 0 Å². The minimum Gasteiger partial charge on any atom is -0.309 e. The number of hydrogen-bond acceptors (Lipinski definition) is 1. The summed E-state index contributed by atoms with van der Waals surface area (Å²) in [6, 6.07) is 43.6. The van der Waals surface area contributed by atoms with Gasteiger partial charge < -0.3 is 4.90 Å². The molecule has 4 aromatic carbocycles. The molecule has 0 spiro atoms. The molecule has 0 aliphatic heterocycles. The van der Waals surface area contributed by atoms with E-state index in [1.807, 2.05) is 0 Å². The van der Waals surface area contributed by atoms with Gasteiger partial charge in [0, 0.05) is 6.54 Å². The maximum absolute atomic E-state index is 2.27. The van der Waals surface area contributed by atoms with Gasteiger partial charge in [0.1, 0.15) is 0 Å². The lowest BCUT2D eigenvalue weighted by Crippen LogP contribution is -2.44. The van der Waals surface area contributed by atoms with E-state index in [9.17, 15) is 0 Å². The maximum Gasteiger partial charge on any atom is 0.242 e. The Morgan fingerprint density at radius 1 is 0.562 bits per heavy atom. The number of rotatable bonds is 8. The molecule has 4 rings (SSSR count). The molecule has 0 unspecified atom stereocenters. The van der Waals surface area contributed by atoms with Crippen LogP contribution in [0.3, 0.4) is 0 Å². The Morgan fingerprint density at radius 3 is 1.41 bits per heavy atom. The van der Waals surface area contributed by atoms with Crippen molar-refractivity contribution >= 4 is 28.7 Å². The summed E-state index contributed by atoms with van der Waals surface area (Å²) >= 11 is 0. The van der Waals surface area contributed by atoms with Crippen molar-refractivity contribution in [2.75, 3.05) is 20.6 Å². The lowest BCUT2D eigenvalue weighted by molar-refractivity contribution is 0.419. The second kappa shape index (κ2) is 10.8. The molecule has 2 heteroatoms. The molecule has 0 heterocycles. The largest absolute Gasteiger partial charge is 0.309 e. The zero-order valence-electron chi connectivity index (χ0n) is 19.0. The van der Waals surface area contributed by atoms with Crippen molar-refractivity contribution in [1.82, 2.24) is 4.90 Å². The van der Waals surface area contributed by atoms with Crippen LogP contribution in [0.25, 0.3) is 11.0 Å². The van der Waals surface area contributed by atoms with E-state index in [1.54, 1.807) is 0 Å². The molecule has 0 bridgehead atoms. The molecule has 0 aliphatic rings. The Bertz CT molecular complexity index is 1080. The van der Waals surface area contributed by atoms with E-state index in [-0.39, 0.29) is 6.71 Å². The summed E-state index contributed by atoms with van der Waals surface area (Å²) < 4.78 is 0. The molecule has 0 atom stereocenters. The molecule has 1 nitrogen and oxygen atoms in total. The van der Waals surface area contributed by atoms with Crippen LogP contribution in [0.2, 0.25) is 0 Å². The van der Waals surface area contributed by atoms with E-state index in [2.05, 4.69) is 140 Å². The smallest absolute Gasteiger partial charge is 0.242 e. The molecule has 0 amide bonds. The first-order valence-corrected chi connectivity index (χ1v) is 11.3. The molecule has 0 saturated carbocycles. The van der Waals surface area contributed by atoms with Gasteiger partial charge in [-0.15, -0.1) is 0 Å². The Labute approximate surface area is 193 Å². The average Bonchev–Trinajstić information content (AvgIpc) is 2.85. The molecule has 0 aliphatic carbocycles. The highest BCUT2D eigenvalue weighted by atomic mass is 15.0. The minimum atomic E-state index is 0.150. The van der Waals surface area contributed by atoms with Crippen LogP contribution in [0.1, 0.15) is 17.5 Å². The highest BCUT2D eigenvalue weighted by Crippen LogP contribution is 2.31. The van der Waals surface area contributed by atoms with Crippen LogP contribution in [-0.2, 0) is 0 Å². The molecule has 0 saturated heterocycles. The predicted octanol–water partition coefficient (Wildman–Crippen LogP) is 5.40. The fourth-order valence-corrected chi connectivity index (χ4v) is 4.36. The monoisotopic (exact) mass is 415 g/mol. The van der Waals surface area contributed by atoms with E-state index in [0.29, 0.717) is 0 Å². The van der Waals surface area contributed by atoms with Crippen LogP contribution in [-0.4, -0.2) is 32.3 Å². The van der Waals surface area contributed by atoms with Gasteiger partial charge in [0.2, 0.25) is 6.71 Å². The SMILES string of the molecule is CN(C)CC/C(=C(\B(c1ccccc1)c1ccccc1)c1ccccc1)c1ccccc1. The van der Waals surface area contributed by atoms with Gasteiger partial charge in [0.15, 0.2) is 0 Å². The summed E-state index contributed by atoms with van der Waals surface area (Å²) in [6.45, 7) is 1.15. The van der Waals surface area contributed by atoms with Crippen molar-refractivity contribution in [3.05, 3.63) is 132 Å². The first-order chi connectivity index (χ1) is 15.7. The zero-order valence-corrected chi connectivity index (χ0v) is 19.0. The van der Waals surface area contributed by atoms with Gasteiger partial charge in [0.05, 0.1) is 0 Å². The third kappa shape index (κ3) is 5.27. The first kappa shape index (κ1) is 21.9. The van der Waals surface area contributed by atoms with E-state index in [4.69, 9.17) is 0 Å². The third-order valence-electron chi connectivity index (χ3n) is 5.90. The fraction of sp³-hybridized carbons (Fsp3) is 0.133. The molecule has 0 radical (unpaired) electrons. The Hall–Kier alpha value is -3.36. The average molecular weight is 415 g/mol. The minimum absolute atomic E-state index is 0.150. The van der Waals surface area contributed by atoms with Crippen LogP contribution >= 0.6 is 0 Å². The highest BCUT2D eigenvalue weighted by molar-refractivity contribution is 7.00. The first-order valence-electron chi connectivity index (χ1n) is 11.3. The number of hydrogen-bond donors (Lipinski definition) is 0. The van der Waals surface area contributed by atoms with Crippen molar-refractivity contribution in [1.29, 1.82) is 0 Å². The summed E-state index contributed by atoms with van der Waals surface area (Å²) in [7, 11) is 4.30. The number of benzene rings is 4. The Morgan fingerprint density at radius 2 is 0.969 bits per heavy atom. The quantitative estimate of drug-likeness (QED) is 0.275. The predicted molar refractivity (Wildman–Crippen MR) is 141 cm³/mol. The molecule has 0 N–H and O–H groups in total. The summed E-state index contributed by atoms with van der Waals surface area (Å²) in [5, 5.41) is 0. The van der Waals surface area contributed by atoms with Crippen molar-refractivity contribution in [2.24, 2.45) is 0 Å². The number of nitrogens with zero attached hydrogens (tertiary/aromatic N) is 1. The van der Waals surface area contributed by atoms with Gasteiger partial charge in [-0.1, -0.05) is 138 Å². The molecule has 4 aromatic rings. The van der Waals surface area contributed by atoms with Crippen molar-refractivity contribution in [3.8, 4) is 0 Å². The van der Waals surface area contributed by atoms with Crippen molar-refractivity contribution in [2.45, 2.75) is 6.42 Å². The Kier molecular flexibility index (Phi) is 7.37. The van der Waals surface area contributed by atoms with Gasteiger partial charge in [-0.3, -0.25) is 0 Å². The van der Waals surface area contributed by atoms with Gasteiger partial charge >= 0.3 is 0 Å². The van der Waals surface area contributed by atoms with Gasteiger partial charge in [0.25, 0.3) is 0 Å². The lowest BCUT2D eigenvalue weighted by Gasteiger charge is -2.25. The second-order valence-corrected chi connectivity index (χ2v) is 8.43. The topological polar surface area (TPSA) is 3.24 Å². The van der Waals surface area contributed by atoms with E-state index >= 15 is 0 Å². The van der Waals surface area contributed by atoms with Gasteiger partial charge in [-0.2, -0.15) is 0 Å². The van der Waals surface area contributed by atoms with Gasteiger partial charge in [-0.05, 0) is 37.2 Å². The van der Waals surface area contributed by atoms with E-state index < -0.39 is 0 Å². The molecule has 158 valence electrons. The molecular formula is C30H30BN. The van der Waals surface area contributed by atoms with Crippen molar-refractivity contribution < 1.29 is 0 Å². The second-order valence-electron chi connectivity index (χ2n) is 8.43. The zero-order chi connectivity index (χ0) is 22.2. The molecule has 0 fully saturated rings. The van der Waals surface area contributed by atoms with E-state index in [0.717, 1.165) is 13.0 Å². The van der Waals surface area contributed by atoms with Crippen LogP contribution in [0.4, 0.5) is 0 Å². The normalized spacial score (nSPS) is 11.8. The van der Waals surface area contributed by atoms with Crippen LogP contribution in [0, 0.1) is 0 Å². The van der Waals surface area contributed by atoms with E-state index in [1.165, 1.54) is 33.1 Å².